The number of hydrogen-bond donors (Lipinski definition) is 1. The largest absolute Gasteiger partial charge is 0.496 e. The van der Waals surface area contributed by atoms with Gasteiger partial charge in [-0.25, -0.2) is 10.4 Å². The molecule has 0 atom stereocenters. The van der Waals surface area contributed by atoms with Gasteiger partial charge in [-0.2, -0.15) is 5.10 Å². The molecule has 1 N–H and O–H groups in total. The maximum Gasteiger partial charge on any atom is 0.272 e. The van der Waals surface area contributed by atoms with E-state index in [9.17, 15) is 4.79 Å². The number of para-hydroxylation sites is 2. The van der Waals surface area contributed by atoms with E-state index in [1.807, 2.05) is 67.6 Å². The van der Waals surface area contributed by atoms with E-state index in [0.717, 1.165) is 22.0 Å². The lowest BCUT2D eigenvalue weighted by Gasteiger charge is -2.10. The summed E-state index contributed by atoms with van der Waals surface area (Å²) in [5, 5.41) is 5.06. The summed E-state index contributed by atoms with van der Waals surface area (Å²) < 4.78 is 5.37. The number of carbonyl (C=O) groups excluding carboxylic acids is 1. The zero-order valence-corrected chi connectivity index (χ0v) is 16.7. The lowest BCUT2D eigenvalue weighted by molar-refractivity contribution is 0.0956. The topological polar surface area (TPSA) is 76.5 Å². The number of rotatable bonds is 5. The number of aromatic nitrogens is 2. The number of benzene rings is 2. The highest BCUT2D eigenvalue weighted by atomic mass is 16.5. The van der Waals surface area contributed by atoms with Crippen molar-refractivity contribution in [3.8, 4) is 17.0 Å². The average molecular weight is 396 g/mol. The Labute approximate surface area is 174 Å². The fraction of sp³-hybridized carbons (Fsp3) is 0.0833. The highest BCUT2D eigenvalue weighted by Gasteiger charge is 2.14. The number of amides is 1. The van der Waals surface area contributed by atoms with Gasteiger partial charge in [0, 0.05) is 28.9 Å². The summed E-state index contributed by atoms with van der Waals surface area (Å²) in [6, 6.07) is 20.6. The number of pyridine rings is 2. The molecule has 2 heterocycles. The van der Waals surface area contributed by atoms with Crippen LogP contribution in [-0.2, 0) is 0 Å². The number of fused-ring (bicyclic) bond motifs is 1. The monoisotopic (exact) mass is 396 g/mol. The standard InChI is InChI=1S/C24H20N4O2/c1-16(18-7-4-6-10-23(18)30-2)27-28-24(29)20-15-22(17-11-13-25-14-12-17)26-21-9-5-3-8-19(20)21/h3-15H,1-2H3,(H,28,29)/b27-16-. The van der Waals surface area contributed by atoms with E-state index in [1.54, 1.807) is 25.6 Å². The minimum Gasteiger partial charge on any atom is -0.496 e. The maximum absolute atomic E-state index is 13.0. The van der Waals surface area contributed by atoms with E-state index in [0.29, 0.717) is 22.7 Å². The van der Waals surface area contributed by atoms with Crippen molar-refractivity contribution in [2.24, 2.45) is 5.10 Å². The molecule has 0 aliphatic carbocycles. The Bertz CT molecular complexity index is 1240. The van der Waals surface area contributed by atoms with Gasteiger partial charge in [0.1, 0.15) is 5.75 Å². The Kier molecular flexibility index (Phi) is 5.48. The number of hydrogen-bond acceptors (Lipinski definition) is 5. The summed E-state index contributed by atoms with van der Waals surface area (Å²) in [5.41, 5.74) is 6.97. The molecule has 0 saturated carbocycles. The molecule has 0 radical (unpaired) electrons. The van der Waals surface area contributed by atoms with Crippen molar-refractivity contribution >= 4 is 22.5 Å². The summed E-state index contributed by atoms with van der Waals surface area (Å²) in [6.07, 6.45) is 3.40. The third-order valence-corrected chi connectivity index (χ3v) is 4.76. The molecule has 0 fully saturated rings. The number of carbonyl (C=O) groups is 1. The quantitative estimate of drug-likeness (QED) is 0.399. The molecule has 0 spiro atoms. The molecule has 30 heavy (non-hydrogen) atoms. The molecule has 2 aromatic heterocycles. The van der Waals surface area contributed by atoms with Crippen molar-refractivity contribution in [1.82, 2.24) is 15.4 Å². The average Bonchev–Trinajstić information content (AvgIpc) is 2.82. The van der Waals surface area contributed by atoms with Crippen LogP contribution < -0.4 is 10.2 Å². The smallest absolute Gasteiger partial charge is 0.272 e. The van der Waals surface area contributed by atoms with Gasteiger partial charge < -0.3 is 4.74 Å². The van der Waals surface area contributed by atoms with Gasteiger partial charge in [-0.3, -0.25) is 9.78 Å². The van der Waals surface area contributed by atoms with Crippen LogP contribution in [0.2, 0.25) is 0 Å². The Morgan fingerprint density at radius 2 is 1.70 bits per heavy atom. The van der Waals surface area contributed by atoms with E-state index in [-0.39, 0.29) is 5.91 Å². The molecule has 0 unspecified atom stereocenters. The highest BCUT2D eigenvalue weighted by molar-refractivity contribution is 6.08. The summed E-state index contributed by atoms with van der Waals surface area (Å²) in [5.74, 6) is 0.389. The number of nitrogens with zero attached hydrogens (tertiary/aromatic N) is 3. The number of methoxy groups -OCH3 is 1. The number of nitrogens with one attached hydrogen (secondary N) is 1. The van der Waals surface area contributed by atoms with Crippen LogP contribution in [0, 0.1) is 0 Å². The van der Waals surface area contributed by atoms with Crippen LogP contribution in [0.4, 0.5) is 0 Å². The Hall–Kier alpha value is -4.06. The number of ether oxygens (including phenoxy) is 1. The van der Waals surface area contributed by atoms with Gasteiger partial charge >= 0.3 is 0 Å². The van der Waals surface area contributed by atoms with Crippen LogP contribution >= 0.6 is 0 Å². The first-order valence-corrected chi connectivity index (χ1v) is 9.45. The van der Waals surface area contributed by atoms with Gasteiger partial charge in [-0.1, -0.05) is 30.3 Å². The Balaban J connectivity index is 1.71. The second kappa shape index (κ2) is 8.53. The normalized spacial score (nSPS) is 11.3. The van der Waals surface area contributed by atoms with Crippen LogP contribution in [0.15, 0.2) is 84.2 Å². The lowest BCUT2D eigenvalue weighted by Crippen LogP contribution is -2.20. The summed E-state index contributed by atoms with van der Waals surface area (Å²) in [4.78, 5) is 21.8. The van der Waals surface area contributed by atoms with Gasteiger partial charge in [-0.15, -0.1) is 0 Å². The molecule has 0 saturated heterocycles. The van der Waals surface area contributed by atoms with Crippen molar-refractivity contribution in [2.75, 3.05) is 7.11 Å². The summed E-state index contributed by atoms with van der Waals surface area (Å²) in [6.45, 7) is 1.82. The van der Waals surface area contributed by atoms with E-state index in [2.05, 4.69) is 15.5 Å². The molecule has 1 amide bonds. The van der Waals surface area contributed by atoms with E-state index in [1.165, 1.54) is 0 Å². The third-order valence-electron chi connectivity index (χ3n) is 4.76. The fourth-order valence-corrected chi connectivity index (χ4v) is 3.23. The first-order valence-electron chi connectivity index (χ1n) is 9.45. The van der Waals surface area contributed by atoms with Gasteiger partial charge in [0.05, 0.1) is 29.6 Å². The van der Waals surface area contributed by atoms with Crippen LogP contribution in [0.1, 0.15) is 22.8 Å². The molecule has 4 rings (SSSR count). The molecule has 4 aromatic rings. The highest BCUT2D eigenvalue weighted by Crippen LogP contribution is 2.24. The second-order valence-electron chi connectivity index (χ2n) is 6.65. The predicted octanol–water partition coefficient (Wildman–Crippen LogP) is 4.46. The molecule has 6 nitrogen and oxygen atoms in total. The molecule has 0 aliphatic heterocycles. The van der Waals surface area contributed by atoms with Crippen molar-refractivity contribution in [2.45, 2.75) is 6.92 Å². The van der Waals surface area contributed by atoms with Crippen molar-refractivity contribution in [3.05, 3.63) is 90.3 Å². The molecule has 0 bridgehead atoms. The van der Waals surface area contributed by atoms with Gasteiger partial charge in [0.25, 0.3) is 5.91 Å². The predicted molar refractivity (Wildman–Crippen MR) is 118 cm³/mol. The van der Waals surface area contributed by atoms with Gasteiger partial charge in [0.2, 0.25) is 0 Å². The SMILES string of the molecule is COc1ccccc1/C(C)=N\NC(=O)c1cc(-c2ccncc2)nc2ccccc12. The Morgan fingerprint density at radius 3 is 2.50 bits per heavy atom. The van der Waals surface area contributed by atoms with Crippen molar-refractivity contribution in [3.63, 3.8) is 0 Å². The van der Waals surface area contributed by atoms with Crippen LogP contribution in [-0.4, -0.2) is 28.7 Å². The third kappa shape index (κ3) is 3.89. The van der Waals surface area contributed by atoms with Crippen LogP contribution in [0.3, 0.4) is 0 Å². The minimum absolute atomic E-state index is 0.307. The zero-order valence-electron chi connectivity index (χ0n) is 16.7. The second-order valence-corrected chi connectivity index (χ2v) is 6.65. The van der Waals surface area contributed by atoms with Crippen molar-refractivity contribution < 1.29 is 9.53 Å². The lowest BCUT2D eigenvalue weighted by atomic mass is 10.0. The van der Waals surface area contributed by atoms with Gasteiger partial charge in [-0.05, 0) is 43.3 Å². The number of hydrazone groups is 1. The molecular formula is C24H20N4O2. The fourth-order valence-electron chi connectivity index (χ4n) is 3.23. The van der Waals surface area contributed by atoms with Crippen LogP contribution in [0.5, 0.6) is 5.75 Å². The van der Waals surface area contributed by atoms with Crippen LogP contribution in [0.25, 0.3) is 22.2 Å². The molecule has 6 heteroatoms. The molecule has 148 valence electrons. The first kappa shape index (κ1) is 19.3. The summed E-state index contributed by atoms with van der Waals surface area (Å²) >= 11 is 0. The summed E-state index contributed by atoms with van der Waals surface area (Å²) in [7, 11) is 1.61. The van der Waals surface area contributed by atoms with E-state index < -0.39 is 0 Å². The Morgan fingerprint density at radius 1 is 0.967 bits per heavy atom. The van der Waals surface area contributed by atoms with Gasteiger partial charge in [0.15, 0.2) is 0 Å². The van der Waals surface area contributed by atoms with Crippen molar-refractivity contribution in [1.29, 1.82) is 0 Å². The minimum atomic E-state index is -0.307. The molecular weight excluding hydrogens is 376 g/mol. The zero-order chi connectivity index (χ0) is 20.9. The molecule has 0 aliphatic rings. The van der Waals surface area contributed by atoms with E-state index in [4.69, 9.17) is 9.72 Å². The molecule has 2 aromatic carbocycles. The maximum atomic E-state index is 13.0. The van der Waals surface area contributed by atoms with E-state index >= 15 is 0 Å². The first-order chi connectivity index (χ1) is 14.7.